The summed E-state index contributed by atoms with van der Waals surface area (Å²) in [6.45, 7) is 5.93. The molecule has 0 unspecified atom stereocenters. The van der Waals surface area contributed by atoms with Crippen molar-refractivity contribution >= 4 is 15.6 Å². The van der Waals surface area contributed by atoms with E-state index in [4.69, 9.17) is 0 Å². The molecule has 7 heteroatoms. The Balaban J connectivity index is 1.76. The number of benzene rings is 1. The Morgan fingerprint density at radius 1 is 1.15 bits per heavy atom. The molecule has 3 rings (SSSR count). The van der Waals surface area contributed by atoms with Crippen molar-refractivity contribution in [2.45, 2.75) is 31.8 Å². The van der Waals surface area contributed by atoms with Gasteiger partial charge in [-0.2, -0.15) is 5.10 Å². The Kier molecular flexibility index (Phi) is 5.32. The van der Waals surface area contributed by atoms with Gasteiger partial charge in [0, 0.05) is 27.2 Å². The molecule has 1 aliphatic rings. The summed E-state index contributed by atoms with van der Waals surface area (Å²) in [5.41, 5.74) is 3.88. The highest BCUT2D eigenvalue weighted by Gasteiger charge is 2.27. The normalized spacial score (nSPS) is 16.1. The molecule has 0 saturated heterocycles. The molecule has 2 heterocycles. The maximum absolute atomic E-state index is 12.5. The summed E-state index contributed by atoms with van der Waals surface area (Å²) in [7, 11) is -0.388. The van der Waals surface area contributed by atoms with E-state index in [0.29, 0.717) is 23.0 Å². The fraction of sp³-hybridized carbons (Fsp3) is 0.421. The van der Waals surface area contributed by atoms with Crippen LogP contribution in [0.2, 0.25) is 0 Å². The predicted octanol–water partition coefficient (Wildman–Crippen LogP) is 2.50. The average molecular weight is 375 g/mol. The van der Waals surface area contributed by atoms with E-state index >= 15 is 0 Å². The van der Waals surface area contributed by atoms with Crippen molar-refractivity contribution in [2.24, 2.45) is 0 Å². The van der Waals surface area contributed by atoms with Gasteiger partial charge in [-0.25, -0.2) is 12.7 Å². The van der Waals surface area contributed by atoms with Gasteiger partial charge in [-0.05, 0) is 31.4 Å². The van der Waals surface area contributed by atoms with Crippen molar-refractivity contribution in [1.29, 1.82) is 0 Å². The van der Waals surface area contributed by atoms with Gasteiger partial charge in [0.15, 0.2) is 0 Å². The molecule has 1 aromatic carbocycles. The summed E-state index contributed by atoms with van der Waals surface area (Å²) in [5, 5.41) is 4.48. The second-order valence-electron chi connectivity index (χ2n) is 6.85. The largest absolute Gasteiger partial charge is 0.280 e. The van der Waals surface area contributed by atoms with Crippen LogP contribution in [0.3, 0.4) is 0 Å². The van der Waals surface area contributed by atoms with Crippen molar-refractivity contribution in [3.05, 3.63) is 53.4 Å². The second kappa shape index (κ2) is 7.34. The summed E-state index contributed by atoms with van der Waals surface area (Å²) in [6, 6.07) is 10.4. The van der Waals surface area contributed by atoms with Crippen LogP contribution in [0.5, 0.6) is 0 Å². The summed E-state index contributed by atoms with van der Waals surface area (Å²) in [4.78, 5) is 2.60. The molecule has 0 amide bonds. The lowest BCUT2D eigenvalue weighted by Crippen LogP contribution is -2.31. The predicted molar refractivity (Wildman–Crippen MR) is 103 cm³/mol. The SMILES string of the molecule is Cc1nn(CN2CC=C(c3ccccc3)CC2)c(C)c1S(=O)(=O)N(C)C. The van der Waals surface area contributed by atoms with Gasteiger partial charge in [-0.15, -0.1) is 0 Å². The first-order chi connectivity index (χ1) is 12.3. The van der Waals surface area contributed by atoms with Crippen LogP contribution in [0.25, 0.3) is 5.57 Å². The fourth-order valence-corrected chi connectivity index (χ4v) is 4.58. The van der Waals surface area contributed by atoms with E-state index in [1.807, 2.05) is 13.0 Å². The Hall–Kier alpha value is -1.96. The molecule has 0 saturated carbocycles. The summed E-state index contributed by atoms with van der Waals surface area (Å²) in [5.74, 6) is 0. The molecule has 26 heavy (non-hydrogen) atoms. The number of sulfonamides is 1. The molecule has 0 spiro atoms. The van der Waals surface area contributed by atoms with Crippen LogP contribution >= 0.6 is 0 Å². The minimum atomic E-state index is -3.48. The molecular weight excluding hydrogens is 348 g/mol. The number of rotatable bonds is 5. The highest BCUT2D eigenvalue weighted by Crippen LogP contribution is 2.24. The first-order valence-electron chi connectivity index (χ1n) is 8.74. The third kappa shape index (κ3) is 3.60. The van der Waals surface area contributed by atoms with Crippen molar-refractivity contribution in [3.8, 4) is 0 Å². The standard InChI is InChI=1S/C19H26N4O2S/c1-15-19(26(24,25)21(3)4)16(2)23(20-15)14-22-12-10-18(11-13-22)17-8-6-5-7-9-17/h5-10H,11-14H2,1-4H3. The van der Waals surface area contributed by atoms with Crippen LogP contribution < -0.4 is 0 Å². The Morgan fingerprint density at radius 3 is 2.42 bits per heavy atom. The zero-order chi connectivity index (χ0) is 18.9. The lowest BCUT2D eigenvalue weighted by atomic mass is 10.00. The summed E-state index contributed by atoms with van der Waals surface area (Å²) < 4.78 is 28.1. The van der Waals surface area contributed by atoms with Crippen LogP contribution in [0, 0.1) is 13.8 Å². The van der Waals surface area contributed by atoms with E-state index in [1.54, 1.807) is 25.7 Å². The van der Waals surface area contributed by atoms with Gasteiger partial charge in [0.05, 0.1) is 18.1 Å². The van der Waals surface area contributed by atoms with E-state index in [1.165, 1.54) is 15.4 Å². The monoisotopic (exact) mass is 374 g/mol. The van der Waals surface area contributed by atoms with Gasteiger partial charge in [0.1, 0.15) is 4.90 Å². The molecule has 0 N–H and O–H groups in total. The smallest absolute Gasteiger partial charge is 0.246 e. The third-order valence-corrected chi connectivity index (χ3v) is 6.89. The van der Waals surface area contributed by atoms with Crippen molar-refractivity contribution < 1.29 is 8.42 Å². The second-order valence-corrected chi connectivity index (χ2v) is 8.94. The minimum absolute atomic E-state index is 0.319. The lowest BCUT2D eigenvalue weighted by Gasteiger charge is -2.26. The molecule has 1 aromatic heterocycles. The van der Waals surface area contributed by atoms with E-state index in [-0.39, 0.29) is 0 Å². The third-order valence-electron chi connectivity index (χ3n) is 4.83. The molecule has 6 nitrogen and oxygen atoms in total. The number of aryl methyl sites for hydroxylation is 1. The topological polar surface area (TPSA) is 58.4 Å². The minimum Gasteiger partial charge on any atom is -0.280 e. The zero-order valence-corrected chi connectivity index (χ0v) is 16.6. The Labute approximate surface area is 155 Å². The van der Waals surface area contributed by atoms with Crippen molar-refractivity contribution in [2.75, 3.05) is 27.2 Å². The van der Waals surface area contributed by atoms with Crippen molar-refractivity contribution in [1.82, 2.24) is 19.0 Å². The molecule has 0 radical (unpaired) electrons. The van der Waals surface area contributed by atoms with E-state index < -0.39 is 10.0 Å². The fourth-order valence-electron chi connectivity index (χ4n) is 3.32. The van der Waals surface area contributed by atoms with E-state index in [2.05, 4.69) is 40.3 Å². The van der Waals surface area contributed by atoms with Gasteiger partial charge in [0.2, 0.25) is 10.0 Å². The van der Waals surface area contributed by atoms with E-state index in [9.17, 15) is 8.42 Å². The lowest BCUT2D eigenvalue weighted by molar-refractivity contribution is 0.225. The maximum Gasteiger partial charge on any atom is 0.246 e. The van der Waals surface area contributed by atoms with Crippen LogP contribution in [-0.4, -0.2) is 54.6 Å². The maximum atomic E-state index is 12.5. The van der Waals surface area contributed by atoms with Crippen LogP contribution in [0.4, 0.5) is 0 Å². The quantitative estimate of drug-likeness (QED) is 0.807. The zero-order valence-electron chi connectivity index (χ0n) is 15.8. The molecule has 1 aliphatic heterocycles. The number of nitrogens with zero attached hydrogens (tertiary/aromatic N) is 4. The highest BCUT2D eigenvalue weighted by atomic mass is 32.2. The summed E-state index contributed by atoms with van der Waals surface area (Å²) in [6.07, 6.45) is 3.23. The van der Waals surface area contributed by atoms with Crippen LogP contribution in [0.1, 0.15) is 23.4 Å². The van der Waals surface area contributed by atoms with Gasteiger partial charge >= 0.3 is 0 Å². The van der Waals surface area contributed by atoms with Crippen molar-refractivity contribution in [3.63, 3.8) is 0 Å². The Bertz CT molecular complexity index is 915. The molecule has 140 valence electrons. The Morgan fingerprint density at radius 2 is 1.85 bits per heavy atom. The molecule has 0 fully saturated rings. The molecule has 0 aliphatic carbocycles. The molecule has 0 bridgehead atoms. The average Bonchev–Trinajstić information content (AvgIpc) is 2.90. The first kappa shape index (κ1) is 18.8. The number of hydrogen-bond acceptors (Lipinski definition) is 4. The number of hydrogen-bond donors (Lipinski definition) is 0. The van der Waals surface area contributed by atoms with Gasteiger partial charge in [-0.1, -0.05) is 36.4 Å². The summed E-state index contributed by atoms with van der Waals surface area (Å²) >= 11 is 0. The van der Waals surface area contributed by atoms with Crippen LogP contribution in [0.15, 0.2) is 41.3 Å². The molecule has 2 aromatic rings. The highest BCUT2D eigenvalue weighted by molar-refractivity contribution is 7.89. The van der Waals surface area contributed by atoms with Gasteiger partial charge < -0.3 is 0 Å². The van der Waals surface area contributed by atoms with E-state index in [0.717, 1.165) is 19.5 Å². The molecule has 0 atom stereocenters. The van der Waals surface area contributed by atoms with Gasteiger partial charge in [0.25, 0.3) is 0 Å². The molecular formula is C19H26N4O2S. The van der Waals surface area contributed by atoms with Gasteiger partial charge in [-0.3, -0.25) is 9.58 Å². The van der Waals surface area contributed by atoms with Crippen LogP contribution in [-0.2, 0) is 16.7 Å². The number of aromatic nitrogens is 2. The first-order valence-corrected chi connectivity index (χ1v) is 10.2.